The Bertz CT molecular complexity index is 691. The van der Waals surface area contributed by atoms with Gasteiger partial charge in [-0.2, -0.15) is 5.26 Å². The first kappa shape index (κ1) is 18.0. The Balaban J connectivity index is 2.22. The molecule has 6 nitrogen and oxygen atoms in total. The molecule has 6 heteroatoms. The predicted molar refractivity (Wildman–Crippen MR) is 90.5 cm³/mol. The summed E-state index contributed by atoms with van der Waals surface area (Å²) in [6.07, 6.45) is 1.05. The van der Waals surface area contributed by atoms with E-state index in [-0.39, 0.29) is 23.8 Å². The maximum absolute atomic E-state index is 12.2. The first-order chi connectivity index (χ1) is 11.4. The third-order valence-electron chi connectivity index (χ3n) is 4.42. The number of esters is 1. The van der Waals surface area contributed by atoms with Gasteiger partial charge in [0.25, 0.3) is 0 Å². The monoisotopic (exact) mass is 329 g/mol. The lowest BCUT2D eigenvalue weighted by Gasteiger charge is -2.19. The molecule has 0 radical (unpaired) electrons. The molecule has 1 aliphatic rings. The van der Waals surface area contributed by atoms with Crippen LogP contribution in [0.5, 0.6) is 0 Å². The number of ether oxygens (including phenoxy) is 1. The summed E-state index contributed by atoms with van der Waals surface area (Å²) in [4.78, 5) is 26.0. The van der Waals surface area contributed by atoms with Gasteiger partial charge in [0.2, 0.25) is 5.91 Å². The number of anilines is 1. The van der Waals surface area contributed by atoms with Crippen molar-refractivity contribution in [3.63, 3.8) is 0 Å². The largest absolute Gasteiger partial charge is 0.466 e. The van der Waals surface area contributed by atoms with E-state index < -0.39 is 0 Å². The molecular formula is C18H23N3O3. The second-order valence-corrected chi connectivity index (χ2v) is 6.26. The standard InChI is InChI=1S/C18H23N3O3/c1-5-24-18(23)13-6-12-7-15(8-14(10-19)16(12)9-13)20-17(22)11(2)21(3)4/h7-8,11,13H,5-6,9H2,1-4H3,(H,20,22)/t11-,13?/m1/s1. The van der Waals surface area contributed by atoms with E-state index in [2.05, 4.69) is 11.4 Å². The van der Waals surface area contributed by atoms with Crippen molar-refractivity contribution >= 4 is 17.6 Å². The van der Waals surface area contributed by atoms with Gasteiger partial charge in [-0.05, 0) is 64.0 Å². The highest BCUT2D eigenvalue weighted by Gasteiger charge is 2.31. The number of nitrogens with one attached hydrogen (secondary N) is 1. The summed E-state index contributed by atoms with van der Waals surface area (Å²) in [5.41, 5.74) is 2.91. The maximum atomic E-state index is 12.2. The van der Waals surface area contributed by atoms with Crippen LogP contribution in [0, 0.1) is 17.2 Å². The van der Waals surface area contributed by atoms with Crippen molar-refractivity contribution in [3.05, 3.63) is 28.8 Å². The van der Waals surface area contributed by atoms with Gasteiger partial charge in [0, 0.05) is 5.69 Å². The van der Waals surface area contributed by atoms with E-state index in [9.17, 15) is 14.9 Å². The highest BCUT2D eigenvalue weighted by molar-refractivity contribution is 5.95. The van der Waals surface area contributed by atoms with Crippen molar-refractivity contribution in [2.24, 2.45) is 5.92 Å². The first-order valence-corrected chi connectivity index (χ1v) is 8.07. The van der Waals surface area contributed by atoms with Gasteiger partial charge < -0.3 is 10.1 Å². The van der Waals surface area contributed by atoms with E-state index in [0.717, 1.165) is 11.1 Å². The number of benzene rings is 1. The van der Waals surface area contributed by atoms with Crippen LogP contribution >= 0.6 is 0 Å². The van der Waals surface area contributed by atoms with Gasteiger partial charge in [-0.15, -0.1) is 0 Å². The Morgan fingerprint density at radius 2 is 2.12 bits per heavy atom. The number of likely N-dealkylation sites (N-methyl/N-ethyl adjacent to an activating group) is 1. The van der Waals surface area contributed by atoms with Crippen LogP contribution in [-0.4, -0.2) is 43.5 Å². The summed E-state index contributed by atoms with van der Waals surface area (Å²) in [7, 11) is 3.66. The zero-order valence-electron chi connectivity index (χ0n) is 14.5. The fourth-order valence-electron chi connectivity index (χ4n) is 2.82. The summed E-state index contributed by atoms with van der Waals surface area (Å²) in [5.74, 6) is -0.619. The highest BCUT2D eigenvalue weighted by Crippen LogP contribution is 2.33. The van der Waals surface area contributed by atoms with Crippen LogP contribution in [0.1, 0.15) is 30.5 Å². The SMILES string of the molecule is CCOC(=O)C1Cc2cc(NC(=O)[C@@H](C)N(C)C)cc(C#N)c2C1. The van der Waals surface area contributed by atoms with Crippen LogP contribution in [0.15, 0.2) is 12.1 Å². The van der Waals surface area contributed by atoms with Gasteiger partial charge in [0.05, 0.1) is 30.2 Å². The molecule has 0 heterocycles. The van der Waals surface area contributed by atoms with Gasteiger partial charge in [-0.3, -0.25) is 14.5 Å². The van der Waals surface area contributed by atoms with E-state index >= 15 is 0 Å². The van der Waals surface area contributed by atoms with Gasteiger partial charge >= 0.3 is 5.97 Å². The minimum absolute atomic E-state index is 0.135. The Morgan fingerprint density at radius 1 is 1.42 bits per heavy atom. The molecule has 0 spiro atoms. The molecular weight excluding hydrogens is 306 g/mol. The number of nitrogens with zero attached hydrogens (tertiary/aromatic N) is 2. The van der Waals surface area contributed by atoms with Gasteiger partial charge in [-0.1, -0.05) is 0 Å². The summed E-state index contributed by atoms with van der Waals surface area (Å²) in [6.45, 7) is 3.94. The minimum atomic E-state index is -0.281. The number of carbonyl (C=O) groups is 2. The number of carbonyl (C=O) groups excluding carboxylic acids is 2. The van der Waals surface area contributed by atoms with Crippen LogP contribution in [0.2, 0.25) is 0 Å². The minimum Gasteiger partial charge on any atom is -0.466 e. The lowest BCUT2D eigenvalue weighted by atomic mass is 10.0. The smallest absolute Gasteiger partial charge is 0.309 e. The molecule has 1 aromatic rings. The molecule has 2 rings (SSSR count). The molecule has 128 valence electrons. The first-order valence-electron chi connectivity index (χ1n) is 8.07. The second-order valence-electron chi connectivity index (χ2n) is 6.26. The second kappa shape index (κ2) is 7.45. The zero-order valence-corrected chi connectivity index (χ0v) is 14.5. The molecule has 1 N–H and O–H groups in total. The van der Waals surface area contributed by atoms with Crippen molar-refractivity contribution in [2.45, 2.75) is 32.7 Å². The number of hydrogen-bond acceptors (Lipinski definition) is 5. The van der Waals surface area contributed by atoms with Crippen molar-refractivity contribution in [2.75, 3.05) is 26.0 Å². The van der Waals surface area contributed by atoms with Crippen LogP contribution in [0.4, 0.5) is 5.69 Å². The molecule has 0 saturated heterocycles. The summed E-state index contributed by atoms with van der Waals surface area (Å²) < 4.78 is 5.09. The lowest BCUT2D eigenvalue weighted by molar-refractivity contribution is -0.147. The van der Waals surface area contributed by atoms with Gasteiger partial charge in [0.15, 0.2) is 0 Å². The molecule has 0 aliphatic heterocycles. The summed E-state index contributed by atoms with van der Waals surface area (Å²) in [6, 6.07) is 5.42. The van der Waals surface area contributed by atoms with Crippen LogP contribution in [-0.2, 0) is 27.2 Å². The normalized spacial score (nSPS) is 17.1. The molecule has 24 heavy (non-hydrogen) atoms. The Morgan fingerprint density at radius 3 is 2.71 bits per heavy atom. The van der Waals surface area contributed by atoms with Crippen LogP contribution in [0.25, 0.3) is 0 Å². The third kappa shape index (κ3) is 3.74. The number of fused-ring (bicyclic) bond motifs is 1. The summed E-state index contributed by atoms with van der Waals surface area (Å²) >= 11 is 0. The predicted octanol–water partition coefficient (Wildman–Crippen LogP) is 1.72. The fourth-order valence-corrected chi connectivity index (χ4v) is 2.82. The van der Waals surface area contributed by atoms with Gasteiger partial charge in [-0.25, -0.2) is 0 Å². The highest BCUT2D eigenvalue weighted by atomic mass is 16.5. The molecule has 0 bridgehead atoms. The maximum Gasteiger partial charge on any atom is 0.309 e. The number of amides is 1. The van der Waals surface area contributed by atoms with E-state index in [4.69, 9.17) is 4.74 Å². The zero-order chi connectivity index (χ0) is 17.9. The van der Waals surface area contributed by atoms with E-state index in [1.54, 1.807) is 13.0 Å². The quantitative estimate of drug-likeness (QED) is 0.832. The number of hydrogen-bond donors (Lipinski definition) is 1. The van der Waals surface area contributed by atoms with Crippen LogP contribution < -0.4 is 5.32 Å². The molecule has 0 fully saturated rings. The van der Waals surface area contributed by atoms with Crippen molar-refractivity contribution < 1.29 is 14.3 Å². The van der Waals surface area contributed by atoms with E-state index in [1.807, 2.05) is 32.0 Å². The molecule has 0 saturated carbocycles. The fraction of sp³-hybridized carbons (Fsp3) is 0.500. The lowest BCUT2D eigenvalue weighted by Crippen LogP contribution is -2.37. The Hall–Kier alpha value is -2.39. The van der Waals surface area contributed by atoms with Crippen molar-refractivity contribution in [1.82, 2.24) is 4.90 Å². The molecule has 1 aliphatic carbocycles. The topological polar surface area (TPSA) is 82.4 Å². The molecule has 0 aromatic heterocycles. The molecule has 1 unspecified atom stereocenters. The van der Waals surface area contributed by atoms with E-state index in [1.165, 1.54) is 0 Å². The molecule has 2 atom stereocenters. The van der Waals surface area contributed by atoms with Crippen LogP contribution in [0.3, 0.4) is 0 Å². The Kier molecular flexibility index (Phi) is 5.58. The van der Waals surface area contributed by atoms with E-state index in [0.29, 0.717) is 30.7 Å². The third-order valence-corrected chi connectivity index (χ3v) is 4.42. The van der Waals surface area contributed by atoms with Crippen molar-refractivity contribution in [1.29, 1.82) is 5.26 Å². The van der Waals surface area contributed by atoms with Gasteiger partial charge in [0.1, 0.15) is 0 Å². The van der Waals surface area contributed by atoms with Crippen molar-refractivity contribution in [3.8, 4) is 6.07 Å². The Labute approximate surface area is 142 Å². The average molecular weight is 329 g/mol. The molecule has 1 amide bonds. The molecule has 1 aromatic carbocycles. The summed E-state index contributed by atoms with van der Waals surface area (Å²) in [5, 5.41) is 12.2. The number of rotatable bonds is 5. The average Bonchev–Trinajstić information content (AvgIpc) is 2.97. The number of nitriles is 1.